The second-order valence-corrected chi connectivity index (χ2v) is 3.46. The van der Waals surface area contributed by atoms with Crippen LogP contribution < -0.4 is 5.32 Å². The fourth-order valence-electron chi connectivity index (χ4n) is 1.51. The van der Waals surface area contributed by atoms with Gasteiger partial charge in [0, 0.05) is 24.6 Å². The summed E-state index contributed by atoms with van der Waals surface area (Å²) in [6.07, 6.45) is -1.41. The number of halogens is 3. The van der Waals surface area contributed by atoms with Crippen LogP contribution in [-0.2, 0) is 0 Å². The van der Waals surface area contributed by atoms with Crippen molar-refractivity contribution in [1.82, 2.24) is 5.32 Å². The lowest BCUT2D eigenvalue weighted by atomic mass is 9.92. The predicted molar refractivity (Wildman–Crippen MR) is 46.6 cm³/mol. The molecule has 1 aromatic carbocycles. The van der Waals surface area contributed by atoms with Crippen molar-refractivity contribution >= 4 is 0 Å². The summed E-state index contributed by atoms with van der Waals surface area (Å²) >= 11 is 0. The van der Waals surface area contributed by atoms with Crippen LogP contribution in [0, 0.1) is 17.6 Å². The molecule has 0 amide bonds. The van der Waals surface area contributed by atoms with Crippen molar-refractivity contribution in [2.45, 2.75) is 6.17 Å². The van der Waals surface area contributed by atoms with Crippen LogP contribution in [0.1, 0.15) is 11.7 Å². The van der Waals surface area contributed by atoms with Gasteiger partial charge in [-0.2, -0.15) is 0 Å². The molecule has 76 valence electrons. The maximum Gasteiger partial charge on any atom is 0.164 e. The zero-order chi connectivity index (χ0) is 10.1. The summed E-state index contributed by atoms with van der Waals surface area (Å²) in [5.74, 6) is -2.28. The third-order valence-electron chi connectivity index (χ3n) is 2.51. The molecule has 1 atom stereocenters. The van der Waals surface area contributed by atoms with Crippen molar-refractivity contribution in [1.29, 1.82) is 0 Å². The second-order valence-electron chi connectivity index (χ2n) is 3.46. The van der Waals surface area contributed by atoms with Gasteiger partial charge in [-0.1, -0.05) is 12.1 Å². The highest BCUT2D eigenvalue weighted by Crippen LogP contribution is 2.31. The summed E-state index contributed by atoms with van der Waals surface area (Å²) < 4.78 is 39.5. The van der Waals surface area contributed by atoms with Crippen molar-refractivity contribution in [2.24, 2.45) is 5.92 Å². The molecule has 1 aliphatic rings. The number of hydrogen-bond donors (Lipinski definition) is 1. The molecule has 1 nitrogen and oxygen atoms in total. The van der Waals surface area contributed by atoms with Crippen molar-refractivity contribution in [3.8, 4) is 0 Å². The molecule has 0 spiro atoms. The van der Waals surface area contributed by atoms with E-state index in [0.29, 0.717) is 13.1 Å². The van der Waals surface area contributed by atoms with Gasteiger partial charge in [0.05, 0.1) is 0 Å². The zero-order valence-corrected chi connectivity index (χ0v) is 7.43. The summed E-state index contributed by atoms with van der Waals surface area (Å²) in [4.78, 5) is 0. The number of rotatable bonds is 2. The normalized spacial score (nSPS) is 19.1. The molecule has 14 heavy (non-hydrogen) atoms. The van der Waals surface area contributed by atoms with Crippen LogP contribution in [0.15, 0.2) is 18.2 Å². The van der Waals surface area contributed by atoms with Crippen molar-refractivity contribution < 1.29 is 13.2 Å². The Kier molecular flexibility index (Phi) is 2.46. The van der Waals surface area contributed by atoms with Gasteiger partial charge in [0.25, 0.3) is 0 Å². The summed E-state index contributed by atoms with van der Waals surface area (Å²) in [5.41, 5.74) is -0.170. The van der Waals surface area contributed by atoms with E-state index in [9.17, 15) is 13.2 Å². The fourth-order valence-corrected chi connectivity index (χ4v) is 1.51. The third-order valence-corrected chi connectivity index (χ3v) is 2.51. The van der Waals surface area contributed by atoms with Crippen LogP contribution in [0.2, 0.25) is 0 Å². The molecule has 0 aliphatic carbocycles. The molecule has 1 aromatic rings. The maximum absolute atomic E-state index is 13.6. The summed E-state index contributed by atoms with van der Waals surface area (Å²) in [7, 11) is 0. The Balaban J connectivity index is 2.26. The Morgan fingerprint density at radius 1 is 1.29 bits per heavy atom. The van der Waals surface area contributed by atoms with E-state index in [1.54, 1.807) is 0 Å². The Hall–Kier alpha value is -1.03. The SMILES string of the molecule is Fc1cccc(C(F)C2CNC2)c1F. The number of nitrogens with one attached hydrogen (secondary N) is 1. The molecule has 1 fully saturated rings. The van der Waals surface area contributed by atoms with E-state index in [0.717, 1.165) is 6.07 Å². The first-order valence-corrected chi connectivity index (χ1v) is 4.49. The molecule has 0 bridgehead atoms. The topological polar surface area (TPSA) is 12.0 Å². The van der Waals surface area contributed by atoms with Gasteiger partial charge in [-0.3, -0.25) is 0 Å². The molecule has 1 heterocycles. The van der Waals surface area contributed by atoms with E-state index in [4.69, 9.17) is 0 Å². The minimum absolute atomic E-state index is 0.170. The highest BCUT2D eigenvalue weighted by molar-refractivity contribution is 5.22. The Bertz CT molecular complexity index is 336. The van der Waals surface area contributed by atoms with Gasteiger partial charge in [0.1, 0.15) is 6.17 Å². The first kappa shape index (κ1) is 9.52. The monoisotopic (exact) mass is 201 g/mol. The van der Waals surface area contributed by atoms with Crippen LogP contribution >= 0.6 is 0 Å². The summed E-state index contributed by atoms with van der Waals surface area (Å²) in [6, 6.07) is 3.61. The molecule has 1 aliphatic heterocycles. The van der Waals surface area contributed by atoms with Gasteiger partial charge in [-0.25, -0.2) is 13.2 Å². The largest absolute Gasteiger partial charge is 0.316 e. The molecule has 0 saturated carbocycles. The lowest BCUT2D eigenvalue weighted by molar-refractivity contribution is 0.166. The van der Waals surface area contributed by atoms with Crippen molar-refractivity contribution in [3.05, 3.63) is 35.4 Å². The second kappa shape index (κ2) is 3.61. The standard InChI is InChI=1S/C10H10F3N/c11-8-3-1-2-7(10(8)13)9(12)6-4-14-5-6/h1-3,6,9,14H,4-5H2. The van der Waals surface area contributed by atoms with E-state index >= 15 is 0 Å². The maximum atomic E-state index is 13.6. The van der Waals surface area contributed by atoms with Gasteiger partial charge >= 0.3 is 0 Å². The lowest BCUT2D eigenvalue weighted by Gasteiger charge is -2.30. The zero-order valence-electron chi connectivity index (χ0n) is 7.43. The van der Waals surface area contributed by atoms with E-state index in [2.05, 4.69) is 5.32 Å². The molecule has 0 radical (unpaired) electrons. The minimum atomic E-state index is -1.41. The van der Waals surface area contributed by atoms with Crippen LogP contribution in [-0.4, -0.2) is 13.1 Å². The molecular formula is C10H10F3N. The molecule has 0 aromatic heterocycles. The van der Waals surface area contributed by atoms with Crippen molar-refractivity contribution in [3.63, 3.8) is 0 Å². The molecule has 4 heteroatoms. The van der Waals surface area contributed by atoms with Crippen molar-refractivity contribution in [2.75, 3.05) is 13.1 Å². The van der Waals surface area contributed by atoms with Crippen LogP contribution in [0.3, 0.4) is 0 Å². The van der Waals surface area contributed by atoms with Crippen LogP contribution in [0.4, 0.5) is 13.2 Å². The lowest BCUT2D eigenvalue weighted by Crippen LogP contribution is -2.44. The summed E-state index contributed by atoms with van der Waals surface area (Å²) in [6.45, 7) is 1.05. The quantitative estimate of drug-likeness (QED) is 0.773. The highest BCUT2D eigenvalue weighted by atomic mass is 19.2. The number of hydrogen-bond acceptors (Lipinski definition) is 1. The smallest absolute Gasteiger partial charge is 0.164 e. The predicted octanol–water partition coefficient (Wildman–Crippen LogP) is 2.19. The average Bonchev–Trinajstić information content (AvgIpc) is 2.06. The van der Waals surface area contributed by atoms with Gasteiger partial charge in [0.15, 0.2) is 11.6 Å². The number of benzene rings is 1. The Labute approximate surface area is 79.9 Å². The van der Waals surface area contributed by atoms with E-state index in [1.807, 2.05) is 0 Å². The van der Waals surface area contributed by atoms with Gasteiger partial charge in [0.2, 0.25) is 0 Å². The van der Waals surface area contributed by atoms with Gasteiger partial charge in [-0.05, 0) is 6.07 Å². The Morgan fingerprint density at radius 2 is 2.00 bits per heavy atom. The third kappa shape index (κ3) is 1.50. The van der Waals surface area contributed by atoms with E-state index in [-0.39, 0.29) is 11.5 Å². The molecule has 1 N–H and O–H groups in total. The van der Waals surface area contributed by atoms with Gasteiger partial charge in [-0.15, -0.1) is 0 Å². The number of alkyl halides is 1. The Morgan fingerprint density at radius 3 is 2.57 bits per heavy atom. The highest BCUT2D eigenvalue weighted by Gasteiger charge is 2.30. The molecule has 1 unspecified atom stereocenters. The molecule has 2 rings (SSSR count). The average molecular weight is 201 g/mol. The molecular weight excluding hydrogens is 191 g/mol. The summed E-state index contributed by atoms with van der Waals surface area (Å²) in [5, 5.41) is 2.89. The van der Waals surface area contributed by atoms with Crippen LogP contribution in [0.25, 0.3) is 0 Å². The first-order chi connectivity index (χ1) is 6.70. The first-order valence-electron chi connectivity index (χ1n) is 4.49. The molecule has 1 saturated heterocycles. The van der Waals surface area contributed by atoms with E-state index in [1.165, 1.54) is 12.1 Å². The minimum Gasteiger partial charge on any atom is -0.316 e. The van der Waals surface area contributed by atoms with E-state index < -0.39 is 17.8 Å². The van der Waals surface area contributed by atoms with Crippen LogP contribution in [0.5, 0.6) is 0 Å². The van der Waals surface area contributed by atoms with Gasteiger partial charge < -0.3 is 5.32 Å². The fraction of sp³-hybridized carbons (Fsp3) is 0.400.